The highest BCUT2D eigenvalue weighted by Crippen LogP contribution is 2.39. The van der Waals surface area contributed by atoms with Gasteiger partial charge in [0.1, 0.15) is 0 Å². The molecule has 1 saturated carbocycles. The van der Waals surface area contributed by atoms with Gasteiger partial charge in [0.15, 0.2) is 0 Å². The van der Waals surface area contributed by atoms with Crippen molar-refractivity contribution in [3.05, 3.63) is 29.1 Å². The Labute approximate surface area is 107 Å². The summed E-state index contributed by atoms with van der Waals surface area (Å²) < 4.78 is 0. The fourth-order valence-electron chi connectivity index (χ4n) is 2.48. The minimum Gasteiger partial charge on any atom is -0.660 e. The summed E-state index contributed by atoms with van der Waals surface area (Å²) >= 11 is 0. The topological polar surface area (TPSA) is 14.1 Å². The SMILES string of the molecule is C[N-]C1(C)CCC(/C(C)=C/C=C/C(C)C)CC1. The van der Waals surface area contributed by atoms with E-state index in [1.165, 1.54) is 25.7 Å². The van der Waals surface area contributed by atoms with Crippen molar-refractivity contribution in [2.75, 3.05) is 7.05 Å². The molecule has 0 amide bonds. The van der Waals surface area contributed by atoms with Crippen LogP contribution >= 0.6 is 0 Å². The molecule has 1 heteroatoms. The molecular weight excluding hydrogens is 206 g/mol. The summed E-state index contributed by atoms with van der Waals surface area (Å²) in [6.07, 6.45) is 11.9. The predicted octanol–water partition coefficient (Wildman–Crippen LogP) is 5.10. The third kappa shape index (κ3) is 4.67. The van der Waals surface area contributed by atoms with Crippen molar-refractivity contribution < 1.29 is 0 Å². The maximum absolute atomic E-state index is 4.53. The molecule has 0 aromatic heterocycles. The summed E-state index contributed by atoms with van der Waals surface area (Å²) in [6, 6.07) is 0. The van der Waals surface area contributed by atoms with Crippen LogP contribution in [0.4, 0.5) is 0 Å². The van der Waals surface area contributed by atoms with Crippen molar-refractivity contribution in [1.82, 2.24) is 0 Å². The lowest BCUT2D eigenvalue weighted by atomic mass is 9.75. The van der Waals surface area contributed by atoms with E-state index in [0.29, 0.717) is 5.92 Å². The van der Waals surface area contributed by atoms with E-state index in [4.69, 9.17) is 0 Å². The molecule has 1 aliphatic carbocycles. The van der Waals surface area contributed by atoms with E-state index in [0.717, 1.165) is 5.92 Å². The maximum Gasteiger partial charge on any atom is -0.0204 e. The molecule has 0 bridgehead atoms. The molecule has 0 atom stereocenters. The maximum atomic E-state index is 4.53. The van der Waals surface area contributed by atoms with Crippen LogP contribution in [0.1, 0.15) is 53.4 Å². The third-order valence-corrected chi connectivity index (χ3v) is 4.10. The van der Waals surface area contributed by atoms with Gasteiger partial charge < -0.3 is 5.32 Å². The first-order valence-corrected chi connectivity index (χ1v) is 6.93. The second-order valence-electron chi connectivity index (χ2n) is 6.03. The highest BCUT2D eigenvalue weighted by Gasteiger charge is 2.23. The van der Waals surface area contributed by atoms with Gasteiger partial charge in [0.2, 0.25) is 0 Å². The van der Waals surface area contributed by atoms with Gasteiger partial charge in [0.25, 0.3) is 0 Å². The highest BCUT2D eigenvalue weighted by molar-refractivity contribution is 5.16. The lowest BCUT2D eigenvalue weighted by molar-refractivity contribution is 0.303. The van der Waals surface area contributed by atoms with Crippen molar-refractivity contribution in [1.29, 1.82) is 0 Å². The largest absolute Gasteiger partial charge is 0.660 e. The molecule has 0 spiro atoms. The minimum absolute atomic E-state index is 0.255. The van der Waals surface area contributed by atoms with Crippen LogP contribution in [0.25, 0.3) is 5.32 Å². The molecule has 1 fully saturated rings. The quantitative estimate of drug-likeness (QED) is 0.601. The Balaban J connectivity index is 2.48. The molecule has 0 aromatic carbocycles. The monoisotopic (exact) mass is 234 g/mol. The second kappa shape index (κ2) is 6.39. The van der Waals surface area contributed by atoms with Gasteiger partial charge in [-0.05, 0) is 31.6 Å². The molecule has 0 saturated heterocycles. The lowest BCUT2D eigenvalue weighted by Gasteiger charge is -2.47. The van der Waals surface area contributed by atoms with E-state index < -0.39 is 0 Å². The van der Waals surface area contributed by atoms with Gasteiger partial charge >= 0.3 is 0 Å². The fraction of sp³-hybridized carbons (Fsp3) is 0.750. The van der Waals surface area contributed by atoms with Gasteiger partial charge in [-0.25, -0.2) is 0 Å². The molecular formula is C16H28N-. The van der Waals surface area contributed by atoms with Gasteiger partial charge in [0, 0.05) is 0 Å². The number of hydrogen-bond donors (Lipinski definition) is 0. The highest BCUT2D eigenvalue weighted by atomic mass is 14.9. The normalized spacial score (nSPS) is 31.4. The van der Waals surface area contributed by atoms with Crippen molar-refractivity contribution in [2.24, 2.45) is 11.8 Å². The van der Waals surface area contributed by atoms with Gasteiger partial charge in [-0.1, -0.05) is 57.4 Å². The Morgan fingerprint density at radius 1 is 1.29 bits per heavy atom. The molecule has 98 valence electrons. The minimum atomic E-state index is 0.255. The average molecular weight is 234 g/mol. The number of allylic oxidation sites excluding steroid dienone is 4. The number of nitrogens with zero attached hydrogens (tertiary/aromatic N) is 1. The van der Waals surface area contributed by atoms with Crippen molar-refractivity contribution in [3.63, 3.8) is 0 Å². The summed E-state index contributed by atoms with van der Waals surface area (Å²) in [5.41, 5.74) is 1.80. The Morgan fingerprint density at radius 3 is 2.35 bits per heavy atom. The molecule has 1 nitrogen and oxygen atoms in total. The summed E-state index contributed by atoms with van der Waals surface area (Å²) in [5, 5.41) is 4.53. The van der Waals surface area contributed by atoms with E-state index in [9.17, 15) is 0 Å². The first-order valence-electron chi connectivity index (χ1n) is 6.93. The van der Waals surface area contributed by atoms with Crippen LogP contribution in [0.3, 0.4) is 0 Å². The first-order chi connectivity index (χ1) is 7.97. The Bertz CT molecular complexity index is 278. The van der Waals surface area contributed by atoms with Gasteiger partial charge in [0.05, 0.1) is 0 Å². The predicted molar refractivity (Wildman–Crippen MR) is 77.4 cm³/mol. The van der Waals surface area contributed by atoms with Crippen LogP contribution in [-0.2, 0) is 0 Å². The van der Waals surface area contributed by atoms with Crippen LogP contribution in [0.5, 0.6) is 0 Å². The molecule has 0 N–H and O–H groups in total. The Morgan fingerprint density at radius 2 is 1.88 bits per heavy atom. The summed E-state index contributed by atoms with van der Waals surface area (Å²) in [6.45, 7) is 9.00. The van der Waals surface area contributed by atoms with Crippen molar-refractivity contribution in [3.8, 4) is 0 Å². The number of hydrogen-bond acceptors (Lipinski definition) is 0. The van der Waals surface area contributed by atoms with E-state index >= 15 is 0 Å². The van der Waals surface area contributed by atoms with E-state index in [-0.39, 0.29) is 5.54 Å². The zero-order chi connectivity index (χ0) is 12.9. The molecule has 1 rings (SSSR count). The average Bonchev–Trinajstić information content (AvgIpc) is 2.29. The first kappa shape index (κ1) is 14.5. The Kier molecular flexibility index (Phi) is 5.45. The molecule has 1 aliphatic rings. The molecule has 0 heterocycles. The molecule has 0 unspecified atom stereocenters. The third-order valence-electron chi connectivity index (χ3n) is 4.10. The van der Waals surface area contributed by atoms with Crippen LogP contribution in [-0.4, -0.2) is 12.6 Å². The number of rotatable bonds is 4. The lowest BCUT2D eigenvalue weighted by Crippen LogP contribution is -2.29. The zero-order valence-electron chi connectivity index (χ0n) is 12.2. The second-order valence-corrected chi connectivity index (χ2v) is 6.03. The summed E-state index contributed by atoms with van der Waals surface area (Å²) in [5.74, 6) is 1.43. The smallest absolute Gasteiger partial charge is 0.0204 e. The van der Waals surface area contributed by atoms with Gasteiger partial charge in [-0.2, -0.15) is 7.05 Å². The van der Waals surface area contributed by atoms with Crippen molar-refractivity contribution in [2.45, 2.75) is 58.9 Å². The Hall–Kier alpha value is -0.560. The zero-order valence-corrected chi connectivity index (χ0v) is 12.2. The van der Waals surface area contributed by atoms with Gasteiger partial charge in [-0.15, -0.1) is 5.54 Å². The van der Waals surface area contributed by atoms with Crippen LogP contribution in [0.15, 0.2) is 23.8 Å². The molecule has 0 radical (unpaired) electrons. The molecule has 0 aromatic rings. The van der Waals surface area contributed by atoms with E-state index in [2.05, 4.69) is 51.2 Å². The van der Waals surface area contributed by atoms with Crippen LogP contribution in [0, 0.1) is 11.8 Å². The molecule has 17 heavy (non-hydrogen) atoms. The van der Waals surface area contributed by atoms with Crippen molar-refractivity contribution >= 4 is 0 Å². The van der Waals surface area contributed by atoms with Gasteiger partial charge in [-0.3, -0.25) is 0 Å². The van der Waals surface area contributed by atoms with E-state index in [1.54, 1.807) is 5.57 Å². The molecule has 0 aliphatic heterocycles. The standard InChI is InChI=1S/C16H28N/c1-13(2)7-6-8-14(3)15-9-11-16(4,17-5)12-10-15/h6-8,13,15H,9-12H2,1-5H3/q-1/b7-6+,14-8+. The fourth-order valence-corrected chi connectivity index (χ4v) is 2.48. The summed E-state index contributed by atoms with van der Waals surface area (Å²) in [7, 11) is 1.97. The van der Waals surface area contributed by atoms with Crippen LogP contribution in [0.2, 0.25) is 0 Å². The van der Waals surface area contributed by atoms with E-state index in [1.807, 2.05) is 7.05 Å². The van der Waals surface area contributed by atoms with Crippen LogP contribution < -0.4 is 0 Å². The summed E-state index contributed by atoms with van der Waals surface area (Å²) in [4.78, 5) is 0.